The Bertz CT molecular complexity index is 586. The number of hydrogen-bond acceptors (Lipinski definition) is 5. The summed E-state index contributed by atoms with van der Waals surface area (Å²) in [6.45, 7) is 13.1. The van der Waals surface area contributed by atoms with Gasteiger partial charge in [0.05, 0.1) is 18.4 Å². The van der Waals surface area contributed by atoms with Crippen LogP contribution in [0.2, 0.25) is 0 Å². The number of hydrogen-bond donors (Lipinski definition) is 0. The van der Waals surface area contributed by atoms with E-state index in [1.54, 1.807) is 24.1 Å². The molecule has 6 heteroatoms. The number of esters is 1. The van der Waals surface area contributed by atoms with Crippen LogP contribution < -0.4 is 9.64 Å². The zero-order valence-electron chi connectivity index (χ0n) is 16.6. The molecule has 0 bridgehead atoms. The molecule has 1 aromatic rings. The molecule has 1 heterocycles. The molecule has 146 valence electrons. The molecule has 0 fully saturated rings. The van der Waals surface area contributed by atoms with Crippen molar-refractivity contribution in [2.45, 2.75) is 33.6 Å². The maximum absolute atomic E-state index is 12.1. The van der Waals surface area contributed by atoms with Gasteiger partial charge in [0.15, 0.2) is 6.61 Å². The van der Waals surface area contributed by atoms with Gasteiger partial charge in [-0.05, 0) is 37.5 Å². The minimum absolute atomic E-state index is 0.0221. The van der Waals surface area contributed by atoms with Crippen LogP contribution in [0.5, 0.6) is 5.75 Å². The van der Waals surface area contributed by atoms with Crippen molar-refractivity contribution in [3.05, 3.63) is 36.4 Å². The maximum Gasteiger partial charge on any atom is 0.338 e. The van der Waals surface area contributed by atoms with E-state index in [-0.39, 0.29) is 12.5 Å². The van der Waals surface area contributed by atoms with Gasteiger partial charge in [-0.3, -0.25) is 4.79 Å². The molecule has 0 atom stereocenters. The first kappa shape index (κ1) is 23.7. The van der Waals surface area contributed by atoms with Gasteiger partial charge in [-0.15, -0.1) is 13.2 Å². The van der Waals surface area contributed by atoms with Crippen LogP contribution in [-0.4, -0.2) is 45.9 Å². The average Bonchev–Trinajstić information content (AvgIpc) is 2.69. The lowest BCUT2D eigenvalue weighted by atomic mass is 10.1. The summed E-state index contributed by atoms with van der Waals surface area (Å²) in [5, 5.41) is 0. The number of rotatable bonds is 6. The number of methoxy groups -OCH3 is 2. The molecular weight excluding hydrogens is 334 g/mol. The van der Waals surface area contributed by atoms with Crippen LogP contribution in [0.1, 0.15) is 42.6 Å². The number of carbonyl (C=O) groups is 2. The molecule has 0 N–H and O–H groups in total. The van der Waals surface area contributed by atoms with E-state index in [9.17, 15) is 9.59 Å². The van der Waals surface area contributed by atoms with Gasteiger partial charge in [-0.25, -0.2) is 4.79 Å². The molecule has 0 unspecified atom stereocenters. The molecule has 6 nitrogen and oxygen atoms in total. The van der Waals surface area contributed by atoms with Crippen LogP contribution in [0.25, 0.3) is 0 Å². The number of fused-ring (bicyclic) bond motifs is 1. The number of amides is 1. The summed E-state index contributed by atoms with van der Waals surface area (Å²) in [7, 11) is 2.99. The summed E-state index contributed by atoms with van der Waals surface area (Å²) >= 11 is 0. The largest absolute Gasteiger partial charge is 0.482 e. The van der Waals surface area contributed by atoms with Crippen molar-refractivity contribution in [2.75, 3.05) is 38.9 Å². The summed E-state index contributed by atoms with van der Waals surface area (Å²) in [5.74, 6) is 0.0961. The summed E-state index contributed by atoms with van der Waals surface area (Å²) in [4.78, 5) is 25.6. The first-order chi connectivity index (χ1) is 12.6. The maximum atomic E-state index is 12.1. The van der Waals surface area contributed by atoms with E-state index in [1.165, 1.54) is 7.11 Å². The molecule has 1 amide bonds. The number of nitrogens with zero attached hydrogens (tertiary/aromatic N) is 1. The lowest BCUT2D eigenvalue weighted by molar-refractivity contribution is -0.121. The van der Waals surface area contributed by atoms with E-state index < -0.39 is 5.97 Å². The van der Waals surface area contributed by atoms with Gasteiger partial charge in [0.25, 0.3) is 5.91 Å². The fraction of sp³-hybridized carbons (Fsp3) is 0.500. The van der Waals surface area contributed by atoms with E-state index in [0.29, 0.717) is 30.2 Å². The Morgan fingerprint density at radius 2 is 1.88 bits per heavy atom. The van der Waals surface area contributed by atoms with Crippen molar-refractivity contribution >= 4 is 17.6 Å². The smallest absolute Gasteiger partial charge is 0.338 e. The Balaban J connectivity index is 0.00000146. The molecule has 0 aromatic heterocycles. The third kappa shape index (κ3) is 6.19. The number of anilines is 1. The molecule has 2 rings (SSSR count). The highest BCUT2D eigenvalue weighted by Gasteiger charge is 2.27. The predicted octanol–water partition coefficient (Wildman–Crippen LogP) is 3.76. The Morgan fingerprint density at radius 1 is 1.23 bits per heavy atom. The van der Waals surface area contributed by atoms with Crippen LogP contribution in [0.4, 0.5) is 5.69 Å². The van der Waals surface area contributed by atoms with Crippen LogP contribution in [-0.2, 0) is 14.3 Å². The van der Waals surface area contributed by atoms with Gasteiger partial charge in [0.1, 0.15) is 5.75 Å². The lowest BCUT2D eigenvalue weighted by Gasteiger charge is -2.30. The zero-order chi connectivity index (χ0) is 20.1. The summed E-state index contributed by atoms with van der Waals surface area (Å²) in [6.07, 6.45) is 1.69. The van der Waals surface area contributed by atoms with Gasteiger partial charge < -0.3 is 19.1 Å². The molecule has 1 aliphatic heterocycles. The van der Waals surface area contributed by atoms with Crippen molar-refractivity contribution in [1.29, 1.82) is 0 Å². The van der Waals surface area contributed by atoms with Gasteiger partial charge in [-0.1, -0.05) is 13.8 Å². The normalized spacial score (nSPS) is 11.9. The molecule has 0 saturated carbocycles. The number of carbonyl (C=O) groups excluding carboxylic acids is 2. The molecule has 1 aliphatic rings. The van der Waals surface area contributed by atoms with E-state index >= 15 is 0 Å². The number of benzene rings is 1. The van der Waals surface area contributed by atoms with Gasteiger partial charge in [-0.2, -0.15) is 0 Å². The first-order valence-corrected chi connectivity index (χ1v) is 8.73. The molecule has 0 aliphatic carbocycles. The highest BCUT2D eigenvalue weighted by Crippen LogP contribution is 2.35. The third-order valence-corrected chi connectivity index (χ3v) is 3.63. The van der Waals surface area contributed by atoms with Crippen LogP contribution in [0.3, 0.4) is 0 Å². The van der Waals surface area contributed by atoms with Crippen molar-refractivity contribution in [2.24, 2.45) is 0 Å². The summed E-state index contributed by atoms with van der Waals surface area (Å²) < 4.78 is 15.3. The summed E-state index contributed by atoms with van der Waals surface area (Å²) in [6, 6.07) is 3.44. The number of aryl methyl sites for hydroxylation is 1. The van der Waals surface area contributed by atoms with Gasteiger partial charge >= 0.3 is 5.97 Å². The second-order valence-electron chi connectivity index (χ2n) is 5.16. The van der Waals surface area contributed by atoms with Crippen molar-refractivity contribution in [1.82, 2.24) is 0 Å². The second-order valence-corrected chi connectivity index (χ2v) is 5.16. The fourth-order valence-electron chi connectivity index (χ4n) is 2.44. The number of ether oxygens (including phenoxy) is 3. The quantitative estimate of drug-likeness (QED) is 0.436. The molecule has 0 saturated heterocycles. The second kappa shape index (κ2) is 12.9. The zero-order valence-corrected chi connectivity index (χ0v) is 16.6. The van der Waals surface area contributed by atoms with Crippen LogP contribution in [0, 0.1) is 6.92 Å². The molecule has 0 spiro atoms. The lowest BCUT2D eigenvalue weighted by Crippen LogP contribution is -2.39. The van der Waals surface area contributed by atoms with E-state index in [4.69, 9.17) is 14.2 Å². The van der Waals surface area contributed by atoms with Gasteiger partial charge in [0, 0.05) is 20.3 Å². The minimum atomic E-state index is -0.419. The summed E-state index contributed by atoms with van der Waals surface area (Å²) in [5.41, 5.74) is 1.83. The molecule has 0 radical (unpaired) electrons. The Labute approximate surface area is 156 Å². The van der Waals surface area contributed by atoms with Gasteiger partial charge in [0.2, 0.25) is 0 Å². The molecule has 26 heavy (non-hydrogen) atoms. The Kier molecular flexibility index (Phi) is 11.8. The van der Waals surface area contributed by atoms with Crippen LogP contribution >= 0.6 is 0 Å². The Hall–Kier alpha value is -2.34. The van der Waals surface area contributed by atoms with E-state index in [1.807, 2.05) is 20.8 Å². The molecular formula is C20H31NO5. The number of unbranched alkanes of at least 4 members (excludes halogenated alkanes) is 1. The van der Waals surface area contributed by atoms with E-state index in [2.05, 4.69) is 13.2 Å². The highest BCUT2D eigenvalue weighted by molar-refractivity contribution is 6.00. The predicted molar refractivity (Wildman–Crippen MR) is 104 cm³/mol. The van der Waals surface area contributed by atoms with Crippen LogP contribution in [0.15, 0.2) is 25.3 Å². The van der Waals surface area contributed by atoms with Crippen molar-refractivity contribution < 1.29 is 23.8 Å². The average molecular weight is 365 g/mol. The SMILES string of the molecule is C=C.CC.COCCCCN1C(=O)COc2cc(C)c(C(=O)OC)cc21. The Morgan fingerprint density at radius 3 is 2.46 bits per heavy atom. The molecule has 1 aromatic carbocycles. The highest BCUT2D eigenvalue weighted by atomic mass is 16.5. The standard InChI is InChI=1S/C16H21NO5.C2H6.C2H4/c1-11-8-14-13(9-12(11)16(19)21-3)17(15(18)10-22-14)6-4-5-7-20-2;2*1-2/h8-9H,4-7,10H2,1-3H3;1-2H3;1-2H2. The monoisotopic (exact) mass is 365 g/mol. The minimum Gasteiger partial charge on any atom is -0.482 e. The first-order valence-electron chi connectivity index (χ1n) is 8.73. The topological polar surface area (TPSA) is 65.1 Å². The fourth-order valence-corrected chi connectivity index (χ4v) is 2.44. The third-order valence-electron chi connectivity index (χ3n) is 3.63. The van der Waals surface area contributed by atoms with Crippen molar-refractivity contribution in [3.63, 3.8) is 0 Å². The van der Waals surface area contributed by atoms with Crippen molar-refractivity contribution in [3.8, 4) is 5.75 Å². The van der Waals surface area contributed by atoms with E-state index in [0.717, 1.165) is 18.4 Å².